The lowest BCUT2D eigenvalue weighted by Crippen LogP contribution is -2.47. The number of amides is 2. The predicted molar refractivity (Wildman–Crippen MR) is 148 cm³/mol. The normalized spacial score (nSPS) is 18.0. The number of ether oxygens (including phenoxy) is 2. The molecular weight excluding hydrogens is 480 g/mol. The topological polar surface area (TPSA) is 74.7 Å². The summed E-state index contributed by atoms with van der Waals surface area (Å²) in [6, 6.07) is 13.7. The number of methoxy groups -OCH3 is 1. The van der Waals surface area contributed by atoms with Gasteiger partial charge in [-0.3, -0.25) is 14.5 Å². The van der Waals surface area contributed by atoms with E-state index < -0.39 is 0 Å². The maximum atomic E-state index is 13.9. The van der Waals surface area contributed by atoms with E-state index in [0.717, 1.165) is 29.9 Å². The molecule has 1 fully saturated rings. The molecule has 1 saturated heterocycles. The van der Waals surface area contributed by atoms with Crippen LogP contribution in [0, 0.1) is 19.8 Å². The zero-order valence-corrected chi connectivity index (χ0v) is 23.3. The zero-order chi connectivity index (χ0) is 27.2. The monoisotopic (exact) mass is 520 g/mol. The molecule has 0 radical (unpaired) electrons. The van der Waals surface area contributed by atoms with Crippen molar-refractivity contribution in [3.63, 3.8) is 0 Å². The van der Waals surface area contributed by atoms with Gasteiger partial charge in [0.15, 0.2) is 0 Å². The number of hydrazone groups is 1. The minimum Gasteiger partial charge on any atom is -0.496 e. The van der Waals surface area contributed by atoms with E-state index in [9.17, 15) is 9.59 Å². The summed E-state index contributed by atoms with van der Waals surface area (Å²) in [4.78, 5) is 31.0. The van der Waals surface area contributed by atoms with Gasteiger partial charge in [-0.1, -0.05) is 44.2 Å². The number of morpholine rings is 1. The fourth-order valence-electron chi connectivity index (χ4n) is 4.97. The van der Waals surface area contributed by atoms with Gasteiger partial charge in [0.05, 0.1) is 32.1 Å². The van der Waals surface area contributed by atoms with E-state index in [1.165, 1.54) is 11.1 Å². The Morgan fingerprint density at radius 3 is 2.53 bits per heavy atom. The van der Waals surface area contributed by atoms with Crippen LogP contribution in [-0.2, 0) is 14.3 Å². The molecule has 0 N–H and O–H groups in total. The summed E-state index contributed by atoms with van der Waals surface area (Å²) in [6.45, 7) is 12.2. The van der Waals surface area contributed by atoms with Crippen LogP contribution in [0.1, 0.15) is 48.6 Å². The van der Waals surface area contributed by atoms with Gasteiger partial charge in [0.2, 0.25) is 5.91 Å². The van der Waals surface area contributed by atoms with Crippen molar-refractivity contribution < 1.29 is 19.1 Å². The van der Waals surface area contributed by atoms with Crippen molar-refractivity contribution in [3.05, 3.63) is 64.7 Å². The molecule has 8 heteroatoms. The van der Waals surface area contributed by atoms with Gasteiger partial charge in [-0.15, -0.1) is 0 Å². The molecule has 2 amide bonds. The fraction of sp³-hybridized carbons (Fsp3) is 0.500. The maximum Gasteiger partial charge on any atom is 0.262 e. The molecule has 0 unspecified atom stereocenters. The lowest BCUT2D eigenvalue weighted by Gasteiger charge is -2.32. The molecule has 2 aliphatic rings. The van der Waals surface area contributed by atoms with Crippen molar-refractivity contribution in [2.45, 2.75) is 40.2 Å². The molecule has 1 atom stereocenters. The standard InChI is InChI=1S/C30H40N4O4/c1-21(2)30(36)33(13-12-32-14-16-38-17-15-32)20-29(35)34-27(25-8-6-7-9-28(25)37-5)19-26(31-34)24-11-10-22(3)23(4)18-24/h6-11,18,21,27H,12-17,19-20H2,1-5H3/t27-/m1/s1. The molecule has 8 nitrogen and oxygen atoms in total. The van der Waals surface area contributed by atoms with Crippen molar-refractivity contribution >= 4 is 17.5 Å². The Bertz CT molecular complexity index is 1170. The number of aryl methyl sites for hydroxylation is 2. The first kappa shape index (κ1) is 27.8. The Morgan fingerprint density at radius 1 is 1.11 bits per heavy atom. The van der Waals surface area contributed by atoms with E-state index in [2.05, 4.69) is 36.9 Å². The molecular formula is C30H40N4O4. The van der Waals surface area contributed by atoms with E-state index in [-0.39, 0.29) is 30.3 Å². The van der Waals surface area contributed by atoms with Crippen LogP contribution < -0.4 is 4.74 Å². The lowest BCUT2D eigenvalue weighted by atomic mass is 9.96. The van der Waals surface area contributed by atoms with E-state index in [0.29, 0.717) is 38.5 Å². The van der Waals surface area contributed by atoms with Crippen LogP contribution in [-0.4, -0.2) is 85.4 Å². The average Bonchev–Trinajstić information content (AvgIpc) is 3.38. The molecule has 0 aromatic heterocycles. The number of hydrogen-bond acceptors (Lipinski definition) is 6. The summed E-state index contributed by atoms with van der Waals surface area (Å²) in [5.41, 5.74) is 5.16. The summed E-state index contributed by atoms with van der Waals surface area (Å²) in [7, 11) is 1.64. The highest BCUT2D eigenvalue weighted by Gasteiger charge is 2.36. The second kappa shape index (κ2) is 12.5. The number of benzene rings is 2. The van der Waals surface area contributed by atoms with Crippen LogP contribution in [0.2, 0.25) is 0 Å². The smallest absolute Gasteiger partial charge is 0.262 e. The van der Waals surface area contributed by atoms with E-state index >= 15 is 0 Å². The zero-order valence-electron chi connectivity index (χ0n) is 23.3. The second-order valence-corrected chi connectivity index (χ2v) is 10.4. The SMILES string of the molecule is COc1ccccc1[C@H]1CC(c2ccc(C)c(C)c2)=NN1C(=O)CN(CCN1CCOCC1)C(=O)C(C)C. The van der Waals surface area contributed by atoms with Gasteiger partial charge in [-0.05, 0) is 42.7 Å². The first-order valence-corrected chi connectivity index (χ1v) is 13.5. The third kappa shape index (κ3) is 6.42. The predicted octanol–water partition coefficient (Wildman–Crippen LogP) is 3.81. The molecule has 0 saturated carbocycles. The first-order chi connectivity index (χ1) is 18.3. The first-order valence-electron chi connectivity index (χ1n) is 13.5. The molecule has 2 aromatic rings. The summed E-state index contributed by atoms with van der Waals surface area (Å²) in [6.07, 6.45) is 0.570. The van der Waals surface area contributed by atoms with Crippen molar-refractivity contribution in [1.29, 1.82) is 0 Å². The minimum absolute atomic E-state index is 0.0172. The minimum atomic E-state index is -0.314. The van der Waals surface area contributed by atoms with Crippen molar-refractivity contribution in [3.8, 4) is 5.75 Å². The number of hydrogen-bond donors (Lipinski definition) is 0. The van der Waals surface area contributed by atoms with Crippen molar-refractivity contribution in [2.75, 3.05) is 53.0 Å². The highest BCUT2D eigenvalue weighted by atomic mass is 16.5. The van der Waals surface area contributed by atoms with Gasteiger partial charge in [-0.2, -0.15) is 5.10 Å². The van der Waals surface area contributed by atoms with Crippen LogP contribution in [0.5, 0.6) is 5.75 Å². The summed E-state index contributed by atoms with van der Waals surface area (Å²) >= 11 is 0. The molecule has 0 spiro atoms. The van der Waals surface area contributed by atoms with E-state index in [1.54, 1.807) is 17.0 Å². The average molecular weight is 521 g/mol. The van der Waals surface area contributed by atoms with Crippen LogP contribution >= 0.6 is 0 Å². The van der Waals surface area contributed by atoms with E-state index in [4.69, 9.17) is 14.6 Å². The Kier molecular flexibility index (Phi) is 9.17. The van der Waals surface area contributed by atoms with Gasteiger partial charge in [0.1, 0.15) is 12.3 Å². The largest absolute Gasteiger partial charge is 0.496 e. The van der Waals surface area contributed by atoms with Gasteiger partial charge in [-0.25, -0.2) is 5.01 Å². The molecule has 0 aliphatic carbocycles. The number of nitrogens with zero attached hydrogens (tertiary/aromatic N) is 4. The maximum absolute atomic E-state index is 13.9. The fourth-order valence-corrected chi connectivity index (χ4v) is 4.97. The molecule has 204 valence electrons. The van der Waals surface area contributed by atoms with E-state index in [1.807, 2.05) is 38.1 Å². The highest BCUT2D eigenvalue weighted by molar-refractivity contribution is 6.03. The molecule has 0 bridgehead atoms. The van der Waals surface area contributed by atoms with Crippen molar-refractivity contribution in [2.24, 2.45) is 11.0 Å². The summed E-state index contributed by atoms with van der Waals surface area (Å²) in [5.74, 6) is 0.286. The van der Waals surface area contributed by atoms with Crippen LogP contribution in [0.4, 0.5) is 0 Å². The van der Waals surface area contributed by atoms with Crippen LogP contribution in [0.3, 0.4) is 0 Å². The Morgan fingerprint density at radius 2 is 1.84 bits per heavy atom. The number of para-hydroxylation sites is 1. The molecule has 38 heavy (non-hydrogen) atoms. The number of carbonyl (C=O) groups is 2. The number of carbonyl (C=O) groups excluding carboxylic acids is 2. The third-order valence-electron chi connectivity index (χ3n) is 7.43. The van der Waals surface area contributed by atoms with Crippen LogP contribution in [0.15, 0.2) is 47.6 Å². The summed E-state index contributed by atoms with van der Waals surface area (Å²) < 4.78 is 11.1. The van der Waals surface area contributed by atoms with Gasteiger partial charge < -0.3 is 14.4 Å². The Hall–Kier alpha value is -3.23. The summed E-state index contributed by atoms with van der Waals surface area (Å²) in [5, 5.41) is 6.42. The Balaban J connectivity index is 1.61. The van der Waals surface area contributed by atoms with Gasteiger partial charge in [0.25, 0.3) is 5.91 Å². The highest BCUT2D eigenvalue weighted by Crippen LogP contribution is 2.37. The van der Waals surface area contributed by atoms with Gasteiger partial charge >= 0.3 is 0 Å². The molecule has 4 rings (SSSR count). The molecule has 2 heterocycles. The Labute approximate surface area is 226 Å². The van der Waals surface area contributed by atoms with Gasteiger partial charge in [0, 0.05) is 44.1 Å². The molecule has 2 aliphatic heterocycles. The second-order valence-electron chi connectivity index (χ2n) is 10.4. The molecule has 2 aromatic carbocycles. The van der Waals surface area contributed by atoms with Crippen molar-refractivity contribution in [1.82, 2.24) is 14.8 Å². The van der Waals surface area contributed by atoms with Crippen LogP contribution in [0.25, 0.3) is 0 Å². The number of rotatable bonds is 9. The quantitative estimate of drug-likeness (QED) is 0.503. The lowest BCUT2D eigenvalue weighted by molar-refractivity contribution is -0.143. The third-order valence-corrected chi connectivity index (χ3v) is 7.43.